The Morgan fingerprint density at radius 2 is 1.80 bits per heavy atom. The molecule has 1 atom stereocenters. The van der Waals surface area contributed by atoms with Gasteiger partial charge in [-0.05, 0) is 32.4 Å². The summed E-state index contributed by atoms with van der Waals surface area (Å²) in [7, 11) is 0. The molecule has 1 aromatic carbocycles. The molecule has 0 fully saturated rings. The Morgan fingerprint density at radius 1 is 1.15 bits per heavy atom. The molecule has 0 amide bonds. The van der Waals surface area contributed by atoms with Crippen LogP contribution in [-0.2, 0) is 5.41 Å². The van der Waals surface area contributed by atoms with Crippen LogP contribution in [0.4, 0.5) is 0 Å². The van der Waals surface area contributed by atoms with Gasteiger partial charge in [-0.1, -0.05) is 57.0 Å². The molecule has 20 heavy (non-hydrogen) atoms. The molecule has 0 radical (unpaired) electrons. The SMILES string of the molecule is CCCCCN(CC(C)(CO)c1ccccc1)C(C)C. The van der Waals surface area contributed by atoms with E-state index in [-0.39, 0.29) is 12.0 Å². The topological polar surface area (TPSA) is 23.5 Å². The Morgan fingerprint density at radius 3 is 2.30 bits per heavy atom. The molecule has 0 saturated carbocycles. The van der Waals surface area contributed by atoms with Crippen LogP contribution < -0.4 is 0 Å². The van der Waals surface area contributed by atoms with Crippen molar-refractivity contribution in [2.75, 3.05) is 19.7 Å². The molecule has 0 saturated heterocycles. The Balaban J connectivity index is 2.77. The largest absolute Gasteiger partial charge is 0.395 e. The summed E-state index contributed by atoms with van der Waals surface area (Å²) in [5.74, 6) is 0. The number of hydrogen-bond donors (Lipinski definition) is 1. The second-order valence-electron chi connectivity index (χ2n) is 6.36. The predicted molar refractivity (Wildman–Crippen MR) is 87.1 cm³/mol. The highest BCUT2D eigenvalue weighted by atomic mass is 16.3. The van der Waals surface area contributed by atoms with E-state index in [1.165, 1.54) is 24.8 Å². The van der Waals surface area contributed by atoms with Crippen molar-refractivity contribution in [1.82, 2.24) is 4.90 Å². The molecule has 0 spiro atoms. The lowest BCUT2D eigenvalue weighted by Crippen LogP contribution is -2.44. The van der Waals surface area contributed by atoms with Crippen LogP contribution in [0.5, 0.6) is 0 Å². The Labute approximate surface area is 124 Å². The number of benzene rings is 1. The Bertz CT molecular complexity index is 363. The van der Waals surface area contributed by atoms with E-state index >= 15 is 0 Å². The third-order valence-corrected chi connectivity index (χ3v) is 4.15. The maximum atomic E-state index is 9.91. The Kier molecular flexibility index (Phi) is 7.25. The quantitative estimate of drug-likeness (QED) is 0.693. The van der Waals surface area contributed by atoms with Gasteiger partial charge in [0.15, 0.2) is 0 Å². The highest BCUT2D eigenvalue weighted by Crippen LogP contribution is 2.25. The molecule has 1 unspecified atom stereocenters. The van der Waals surface area contributed by atoms with Gasteiger partial charge in [0.2, 0.25) is 0 Å². The maximum Gasteiger partial charge on any atom is 0.0537 e. The summed E-state index contributed by atoms with van der Waals surface area (Å²) in [6.07, 6.45) is 3.78. The average Bonchev–Trinajstić information content (AvgIpc) is 2.47. The first-order valence-corrected chi connectivity index (χ1v) is 7.94. The number of nitrogens with zero attached hydrogens (tertiary/aromatic N) is 1. The van der Waals surface area contributed by atoms with Crippen LogP contribution in [-0.4, -0.2) is 35.7 Å². The maximum absolute atomic E-state index is 9.91. The third kappa shape index (κ3) is 4.92. The molecule has 0 aliphatic rings. The first kappa shape index (κ1) is 17.2. The van der Waals surface area contributed by atoms with Crippen LogP contribution >= 0.6 is 0 Å². The lowest BCUT2D eigenvalue weighted by Gasteiger charge is -2.37. The van der Waals surface area contributed by atoms with Gasteiger partial charge >= 0.3 is 0 Å². The molecule has 2 nitrogen and oxygen atoms in total. The molecule has 0 aliphatic heterocycles. The highest BCUT2D eigenvalue weighted by Gasteiger charge is 2.29. The molecule has 0 aromatic heterocycles. The van der Waals surface area contributed by atoms with Gasteiger partial charge in [0.25, 0.3) is 0 Å². The first-order chi connectivity index (χ1) is 9.53. The molecule has 0 heterocycles. The van der Waals surface area contributed by atoms with Crippen molar-refractivity contribution in [3.63, 3.8) is 0 Å². The van der Waals surface area contributed by atoms with Crippen molar-refractivity contribution in [3.05, 3.63) is 35.9 Å². The second-order valence-corrected chi connectivity index (χ2v) is 6.36. The van der Waals surface area contributed by atoms with E-state index in [1.807, 2.05) is 6.07 Å². The van der Waals surface area contributed by atoms with Gasteiger partial charge in [0.05, 0.1) is 6.61 Å². The number of rotatable bonds is 9. The summed E-state index contributed by atoms with van der Waals surface area (Å²) in [6, 6.07) is 10.9. The molecular formula is C18H31NO. The summed E-state index contributed by atoms with van der Waals surface area (Å²) in [5.41, 5.74) is 1.04. The van der Waals surface area contributed by atoms with E-state index in [2.05, 4.69) is 56.9 Å². The lowest BCUT2D eigenvalue weighted by atomic mass is 9.82. The van der Waals surface area contributed by atoms with Gasteiger partial charge in [-0.25, -0.2) is 0 Å². The van der Waals surface area contributed by atoms with E-state index < -0.39 is 0 Å². The van der Waals surface area contributed by atoms with Crippen LogP contribution in [0.25, 0.3) is 0 Å². The monoisotopic (exact) mass is 277 g/mol. The van der Waals surface area contributed by atoms with Crippen molar-refractivity contribution in [3.8, 4) is 0 Å². The van der Waals surface area contributed by atoms with Crippen LogP contribution in [0, 0.1) is 0 Å². The predicted octanol–water partition coefficient (Wildman–Crippen LogP) is 3.84. The standard InChI is InChI=1S/C18H31NO/c1-5-6-10-13-19(16(2)3)14-18(4,15-20)17-11-8-7-9-12-17/h7-9,11-12,16,20H,5-6,10,13-15H2,1-4H3. The van der Waals surface area contributed by atoms with Gasteiger partial charge < -0.3 is 5.11 Å². The summed E-state index contributed by atoms with van der Waals surface area (Å²) >= 11 is 0. The fourth-order valence-corrected chi connectivity index (χ4v) is 2.61. The summed E-state index contributed by atoms with van der Waals surface area (Å²) < 4.78 is 0. The minimum absolute atomic E-state index is 0.183. The minimum Gasteiger partial charge on any atom is -0.395 e. The number of unbranched alkanes of at least 4 members (excludes halogenated alkanes) is 2. The molecule has 1 aromatic rings. The first-order valence-electron chi connectivity index (χ1n) is 7.94. The van der Waals surface area contributed by atoms with Crippen LogP contribution in [0.3, 0.4) is 0 Å². The zero-order valence-corrected chi connectivity index (χ0v) is 13.6. The number of aliphatic hydroxyl groups is 1. The van der Waals surface area contributed by atoms with Crippen LogP contribution in [0.1, 0.15) is 52.5 Å². The molecule has 1 N–H and O–H groups in total. The zero-order chi connectivity index (χ0) is 15.0. The summed E-state index contributed by atoms with van der Waals surface area (Å²) in [5, 5.41) is 9.91. The van der Waals surface area contributed by atoms with Gasteiger partial charge in [0.1, 0.15) is 0 Å². The van der Waals surface area contributed by atoms with Crippen molar-refractivity contribution >= 4 is 0 Å². The summed E-state index contributed by atoms with van der Waals surface area (Å²) in [6.45, 7) is 11.1. The van der Waals surface area contributed by atoms with Gasteiger partial charge in [-0.15, -0.1) is 0 Å². The van der Waals surface area contributed by atoms with Crippen LogP contribution in [0.2, 0.25) is 0 Å². The van der Waals surface area contributed by atoms with Gasteiger partial charge in [0, 0.05) is 18.0 Å². The fourth-order valence-electron chi connectivity index (χ4n) is 2.61. The van der Waals surface area contributed by atoms with Crippen molar-refractivity contribution in [1.29, 1.82) is 0 Å². The van der Waals surface area contributed by atoms with E-state index in [0.717, 1.165) is 13.1 Å². The van der Waals surface area contributed by atoms with Crippen molar-refractivity contribution in [2.24, 2.45) is 0 Å². The van der Waals surface area contributed by atoms with Gasteiger partial charge in [-0.2, -0.15) is 0 Å². The van der Waals surface area contributed by atoms with E-state index in [4.69, 9.17) is 0 Å². The van der Waals surface area contributed by atoms with Crippen molar-refractivity contribution < 1.29 is 5.11 Å². The van der Waals surface area contributed by atoms with E-state index in [1.54, 1.807) is 0 Å². The lowest BCUT2D eigenvalue weighted by molar-refractivity contribution is 0.122. The second kappa shape index (κ2) is 8.43. The number of hydrogen-bond acceptors (Lipinski definition) is 2. The third-order valence-electron chi connectivity index (χ3n) is 4.15. The van der Waals surface area contributed by atoms with Gasteiger partial charge in [-0.3, -0.25) is 4.90 Å². The number of aliphatic hydroxyl groups excluding tert-OH is 1. The van der Waals surface area contributed by atoms with E-state index in [9.17, 15) is 5.11 Å². The smallest absolute Gasteiger partial charge is 0.0537 e. The normalized spacial score (nSPS) is 14.8. The molecule has 1 rings (SSSR count). The minimum atomic E-state index is -0.183. The average molecular weight is 277 g/mol. The molecular weight excluding hydrogens is 246 g/mol. The fraction of sp³-hybridized carbons (Fsp3) is 0.667. The molecule has 0 bridgehead atoms. The van der Waals surface area contributed by atoms with Crippen LogP contribution in [0.15, 0.2) is 30.3 Å². The van der Waals surface area contributed by atoms with E-state index in [0.29, 0.717) is 6.04 Å². The highest BCUT2D eigenvalue weighted by molar-refractivity contribution is 5.25. The molecule has 2 heteroatoms. The molecule has 114 valence electrons. The molecule has 0 aliphatic carbocycles. The summed E-state index contributed by atoms with van der Waals surface area (Å²) in [4.78, 5) is 2.50. The zero-order valence-electron chi connectivity index (χ0n) is 13.6. The van der Waals surface area contributed by atoms with Crippen molar-refractivity contribution in [2.45, 2.75) is 58.4 Å². The Hall–Kier alpha value is -0.860.